The standard InChI is InChI=1S/C23H16ClFN2O2S/c1-13-6-11-18(17(12-13)22(28)26-15-9-7-14(25)8-10-15)27-23(29)21-20(24)16-4-2-3-5-19(16)30-21/h2-12H,1H3,(H,26,28)(H,27,29). The Morgan fingerprint density at radius 3 is 2.40 bits per heavy atom. The SMILES string of the molecule is Cc1ccc(NC(=O)c2sc3ccccc3c2Cl)c(C(=O)Nc2ccc(F)cc2)c1. The Labute approximate surface area is 181 Å². The van der Waals surface area contributed by atoms with E-state index in [0.717, 1.165) is 15.6 Å². The lowest BCUT2D eigenvalue weighted by atomic mass is 10.1. The molecule has 2 N–H and O–H groups in total. The second-order valence-corrected chi connectivity index (χ2v) is 8.14. The Morgan fingerprint density at radius 1 is 0.933 bits per heavy atom. The third kappa shape index (κ3) is 4.06. The minimum Gasteiger partial charge on any atom is -0.322 e. The average molecular weight is 439 g/mol. The molecule has 0 aliphatic carbocycles. The predicted molar refractivity (Wildman–Crippen MR) is 120 cm³/mol. The van der Waals surface area contributed by atoms with Crippen LogP contribution in [0.3, 0.4) is 0 Å². The van der Waals surface area contributed by atoms with Crippen LogP contribution in [0.1, 0.15) is 25.6 Å². The summed E-state index contributed by atoms with van der Waals surface area (Å²) < 4.78 is 14.0. The molecule has 0 atom stereocenters. The summed E-state index contributed by atoms with van der Waals surface area (Å²) in [6.07, 6.45) is 0. The molecule has 0 aliphatic heterocycles. The maximum atomic E-state index is 13.1. The van der Waals surface area contributed by atoms with Crippen molar-refractivity contribution in [2.45, 2.75) is 6.92 Å². The fraction of sp³-hybridized carbons (Fsp3) is 0.0435. The van der Waals surface area contributed by atoms with Crippen molar-refractivity contribution in [3.05, 3.63) is 93.6 Å². The number of carbonyl (C=O) groups is 2. The first-order valence-electron chi connectivity index (χ1n) is 9.08. The molecular weight excluding hydrogens is 423 g/mol. The molecule has 4 aromatic rings. The van der Waals surface area contributed by atoms with Crippen molar-refractivity contribution in [2.24, 2.45) is 0 Å². The molecule has 3 aromatic carbocycles. The summed E-state index contributed by atoms with van der Waals surface area (Å²) in [5.41, 5.74) is 1.97. The van der Waals surface area contributed by atoms with Gasteiger partial charge in [-0.05, 0) is 49.4 Å². The molecule has 0 saturated carbocycles. The summed E-state index contributed by atoms with van der Waals surface area (Å²) in [5, 5.41) is 6.72. The number of hydrogen-bond donors (Lipinski definition) is 2. The number of thiophene rings is 1. The maximum Gasteiger partial charge on any atom is 0.267 e. The molecule has 150 valence electrons. The van der Waals surface area contributed by atoms with Crippen LogP contribution in [0.15, 0.2) is 66.7 Å². The van der Waals surface area contributed by atoms with Gasteiger partial charge in [-0.25, -0.2) is 4.39 Å². The second-order valence-electron chi connectivity index (χ2n) is 6.71. The molecule has 0 saturated heterocycles. The number of carbonyl (C=O) groups excluding carboxylic acids is 2. The molecule has 7 heteroatoms. The quantitative estimate of drug-likeness (QED) is 0.381. The van der Waals surface area contributed by atoms with Crippen molar-refractivity contribution in [2.75, 3.05) is 10.6 Å². The lowest BCUT2D eigenvalue weighted by Crippen LogP contribution is -2.18. The number of amides is 2. The first kappa shape index (κ1) is 20.1. The van der Waals surface area contributed by atoms with Crippen LogP contribution in [0.2, 0.25) is 5.02 Å². The molecule has 0 spiro atoms. The summed E-state index contributed by atoms with van der Waals surface area (Å²) >= 11 is 7.70. The number of fused-ring (bicyclic) bond motifs is 1. The molecule has 1 aromatic heterocycles. The zero-order chi connectivity index (χ0) is 21.3. The molecular formula is C23H16ClFN2O2S. The molecule has 0 aliphatic rings. The average Bonchev–Trinajstić information content (AvgIpc) is 3.08. The van der Waals surface area contributed by atoms with E-state index in [0.29, 0.717) is 26.8 Å². The van der Waals surface area contributed by atoms with Gasteiger partial charge >= 0.3 is 0 Å². The molecule has 0 radical (unpaired) electrons. The smallest absolute Gasteiger partial charge is 0.267 e. The topological polar surface area (TPSA) is 58.2 Å². The fourth-order valence-electron chi connectivity index (χ4n) is 3.03. The van der Waals surface area contributed by atoms with E-state index in [-0.39, 0.29) is 5.91 Å². The monoisotopic (exact) mass is 438 g/mol. The molecule has 4 nitrogen and oxygen atoms in total. The first-order valence-corrected chi connectivity index (χ1v) is 10.3. The maximum absolute atomic E-state index is 13.1. The third-order valence-corrected chi connectivity index (χ3v) is 6.19. The normalized spacial score (nSPS) is 10.8. The van der Waals surface area contributed by atoms with Crippen LogP contribution in [0.25, 0.3) is 10.1 Å². The van der Waals surface area contributed by atoms with E-state index in [9.17, 15) is 14.0 Å². The predicted octanol–water partition coefficient (Wildman–Crippen LogP) is 6.51. The lowest BCUT2D eigenvalue weighted by molar-refractivity contribution is 0.102. The highest BCUT2D eigenvalue weighted by Crippen LogP contribution is 2.35. The van der Waals surface area contributed by atoms with Gasteiger partial charge in [-0.3, -0.25) is 9.59 Å². The van der Waals surface area contributed by atoms with E-state index >= 15 is 0 Å². The van der Waals surface area contributed by atoms with Crippen molar-refractivity contribution < 1.29 is 14.0 Å². The Hall–Kier alpha value is -3.22. The Balaban J connectivity index is 1.62. The van der Waals surface area contributed by atoms with Gasteiger partial charge in [0.1, 0.15) is 10.7 Å². The van der Waals surface area contributed by atoms with Gasteiger partial charge in [-0.2, -0.15) is 0 Å². The summed E-state index contributed by atoms with van der Waals surface area (Å²) in [6, 6.07) is 18.1. The molecule has 2 amide bonds. The van der Waals surface area contributed by atoms with Crippen LogP contribution in [-0.4, -0.2) is 11.8 Å². The minimum atomic E-state index is -0.414. The van der Waals surface area contributed by atoms with Crippen LogP contribution in [0.5, 0.6) is 0 Å². The summed E-state index contributed by atoms with van der Waals surface area (Å²) in [5.74, 6) is -1.19. The largest absolute Gasteiger partial charge is 0.322 e. The fourth-order valence-corrected chi connectivity index (χ4v) is 4.44. The van der Waals surface area contributed by atoms with Crippen LogP contribution in [-0.2, 0) is 0 Å². The molecule has 0 unspecified atom stereocenters. The second kappa shape index (κ2) is 8.26. The summed E-state index contributed by atoms with van der Waals surface area (Å²) in [6.45, 7) is 1.85. The zero-order valence-electron chi connectivity index (χ0n) is 15.8. The van der Waals surface area contributed by atoms with Crippen LogP contribution < -0.4 is 10.6 Å². The first-order chi connectivity index (χ1) is 14.4. The molecule has 30 heavy (non-hydrogen) atoms. The van der Waals surface area contributed by atoms with Crippen LogP contribution >= 0.6 is 22.9 Å². The number of rotatable bonds is 4. The van der Waals surface area contributed by atoms with E-state index in [2.05, 4.69) is 10.6 Å². The minimum absolute atomic E-state index is 0.296. The van der Waals surface area contributed by atoms with Crippen LogP contribution in [0.4, 0.5) is 15.8 Å². The van der Waals surface area contributed by atoms with Crippen molar-refractivity contribution >= 4 is 56.2 Å². The Bertz CT molecular complexity index is 1270. The van der Waals surface area contributed by atoms with Crippen LogP contribution in [0, 0.1) is 12.7 Å². The third-order valence-electron chi connectivity index (χ3n) is 4.51. The van der Waals surface area contributed by atoms with Gasteiger partial charge in [-0.1, -0.05) is 41.4 Å². The zero-order valence-corrected chi connectivity index (χ0v) is 17.4. The van der Waals surface area contributed by atoms with Gasteiger partial charge in [0.25, 0.3) is 11.8 Å². The van der Waals surface area contributed by atoms with Gasteiger partial charge in [0.15, 0.2) is 0 Å². The number of aryl methyl sites for hydroxylation is 1. The summed E-state index contributed by atoms with van der Waals surface area (Å²) in [7, 11) is 0. The van der Waals surface area contributed by atoms with Gasteiger partial charge in [-0.15, -0.1) is 11.3 Å². The van der Waals surface area contributed by atoms with Crippen molar-refractivity contribution in [1.82, 2.24) is 0 Å². The van der Waals surface area contributed by atoms with Crippen molar-refractivity contribution in [1.29, 1.82) is 0 Å². The highest BCUT2D eigenvalue weighted by Gasteiger charge is 2.20. The summed E-state index contributed by atoms with van der Waals surface area (Å²) in [4.78, 5) is 26.1. The van der Waals surface area contributed by atoms with Gasteiger partial charge in [0.05, 0.1) is 16.3 Å². The van der Waals surface area contributed by atoms with E-state index in [4.69, 9.17) is 11.6 Å². The lowest BCUT2D eigenvalue weighted by Gasteiger charge is -2.12. The van der Waals surface area contributed by atoms with Gasteiger partial charge in [0, 0.05) is 15.8 Å². The number of anilines is 2. The Morgan fingerprint density at radius 2 is 1.67 bits per heavy atom. The molecule has 0 bridgehead atoms. The molecule has 4 rings (SSSR count). The number of nitrogens with one attached hydrogen (secondary N) is 2. The Kier molecular flexibility index (Phi) is 5.53. The number of halogens is 2. The highest BCUT2D eigenvalue weighted by atomic mass is 35.5. The molecule has 0 fully saturated rings. The molecule has 1 heterocycles. The number of benzene rings is 3. The van der Waals surface area contributed by atoms with E-state index < -0.39 is 11.7 Å². The highest BCUT2D eigenvalue weighted by molar-refractivity contribution is 7.21. The van der Waals surface area contributed by atoms with Gasteiger partial charge < -0.3 is 10.6 Å². The van der Waals surface area contributed by atoms with Gasteiger partial charge in [0.2, 0.25) is 0 Å². The van der Waals surface area contributed by atoms with Crippen molar-refractivity contribution in [3.63, 3.8) is 0 Å². The number of hydrogen-bond acceptors (Lipinski definition) is 3. The van der Waals surface area contributed by atoms with E-state index in [1.807, 2.05) is 31.2 Å². The van der Waals surface area contributed by atoms with Crippen molar-refractivity contribution in [3.8, 4) is 0 Å². The van der Waals surface area contributed by atoms with E-state index in [1.54, 1.807) is 18.2 Å². The van der Waals surface area contributed by atoms with E-state index in [1.165, 1.54) is 35.6 Å².